The van der Waals surface area contributed by atoms with Gasteiger partial charge in [0.25, 0.3) is 5.91 Å². The van der Waals surface area contributed by atoms with Gasteiger partial charge in [0.05, 0.1) is 11.6 Å². The first kappa shape index (κ1) is 21.1. The van der Waals surface area contributed by atoms with Crippen molar-refractivity contribution in [2.24, 2.45) is 0 Å². The third kappa shape index (κ3) is 5.05. The Morgan fingerprint density at radius 3 is 2.48 bits per heavy atom. The summed E-state index contributed by atoms with van der Waals surface area (Å²) in [6.07, 6.45) is 0.937. The molecule has 0 atom stereocenters. The average Bonchev–Trinajstić information content (AvgIpc) is 3.16. The first-order valence-corrected chi connectivity index (χ1v) is 10.7. The molecule has 0 aliphatic carbocycles. The Bertz CT molecular complexity index is 1010. The fourth-order valence-electron chi connectivity index (χ4n) is 2.75. The molecule has 0 fully saturated rings. The quantitative estimate of drug-likeness (QED) is 0.457. The summed E-state index contributed by atoms with van der Waals surface area (Å²) in [6.45, 7) is 1.91. The molecule has 3 aromatic rings. The lowest BCUT2D eigenvalue weighted by Gasteiger charge is -2.10. The van der Waals surface area contributed by atoms with Crippen LogP contribution < -0.4 is 10.1 Å². The molecule has 150 valence electrons. The molecule has 29 heavy (non-hydrogen) atoms. The molecule has 0 saturated heterocycles. The monoisotopic (exact) mass is 473 g/mol. The van der Waals surface area contributed by atoms with Crippen molar-refractivity contribution in [1.29, 1.82) is 0 Å². The first-order chi connectivity index (χ1) is 14.0. The number of carbonyl (C=O) groups excluding carboxylic acids is 2. The van der Waals surface area contributed by atoms with Gasteiger partial charge in [0.1, 0.15) is 16.3 Å². The van der Waals surface area contributed by atoms with E-state index in [0.717, 1.165) is 22.0 Å². The summed E-state index contributed by atoms with van der Waals surface area (Å²) in [7, 11) is 1.33. The number of thiophene rings is 1. The maximum atomic E-state index is 12.4. The number of esters is 1. The standard InChI is InChI=1S/C22H20BrNO4S/c1-3-14-8-10-15(11-9-14)16-13-29-21(20(16)22(26)27-2)24-19(25)12-28-18-7-5-4-6-17(18)23/h4-11,13H,3,12H2,1-2H3,(H,24,25). The molecule has 0 radical (unpaired) electrons. The highest BCUT2D eigenvalue weighted by Gasteiger charge is 2.22. The fraction of sp³-hybridized carbons (Fsp3) is 0.182. The second kappa shape index (κ2) is 9.71. The highest BCUT2D eigenvalue weighted by Crippen LogP contribution is 2.36. The number of carbonyl (C=O) groups is 2. The van der Waals surface area contributed by atoms with Gasteiger partial charge in [0, 0.05) is 10.9 Å². The maximum Gasteiger partial charge on any atom is 0.341 e. The zero-order chi connectivity index (χ0) is 20.8. The molecule has 7 heteroatoms. The molecule has 2 aromatic carbocycles. The van der Waals surface area contributed by atoms with Crippen LogP contribution in [-0.4, -0.2) is 25.6 Å². The smallest absolute Gasteiger partial charge is 0.341 e. The third-order valence-corrected chi connectivity index (χ3v) is 5.85. The molecule has 1 amide bonds. The van der Waals surface area contributed by atoms with E-state index in [1.54, 1.807) is 6.07 Å². The van der Waals surface area contributed by atoms with Crippen LogP contribution in [0.25, 0.3) is 11.1 Å². The van der Waals surface area contributed by atoms with Crippen LogP contribution in [0.1, 0.15) is 22.8 Å². The van der Waals surface area contributed by atoms with E-state index in [1.807, 2.05) is 47.8 Å². The van der Waals surface area contributed by atoms with Crippen LogP contribution in [0.15, 0.2) is 58.4 Å². The van der Waals surface area contributed by atoms with Gasteiger partial charge in [-0.15, -0.1) is 11.3 Å². The van der Waals surface area contributed by atoms with Crippen molar-refractivity contribution in [3.05, 3.63) is 69.5 Å². The van der Waals surface area contributed by atoms with Crippen molar-refractivity contribution < 1.29 is 19.1 Å². The van der Waals surface area contributed by atoms with Gasteiger partial charge in [-0.1, -0.05) is 43.3 Å². The SMILES string of the molecule is CCc1ccc(-c2csc(NC(=O)COc3ccccc3Br)c2C(=O)OC)cc1. The van der Waals surface area contributed by atoms with Crippen molar-refractivity contribution in [2.75, 3.05) is 19.0 Å². The number of para-hydroxylation sites is 1. The zero-order valence-electron chi connectivity index (χ0n) is 16.0. The van der Waals surface area contributed by atoms with Crippen LogP contribution in [0.4, 0.5) is 5.00 Å². The highest BCUT2D eigenvalue weighted by atomic mass is 79.9. The molecule has 1 heterocycles. The second-order valence-electron chi connectivity index (χ2n) is 6.16. The van der Waals surface area contributed by atoms with E-state index in [2.05, 4.69) is 28.2 Å². The van der Waals surface area contributed by atoms with Crippen molar-refractivity contribution in [1.82, 2.24) is 0 Å². The lowest BCUT2D eigenvalue weighted by molar-refractivity contribution is -0.118. The molecular weight excluding hydrogens is 454 g/mol. The number of hydrogen-bond donors (Lipinski definition) is 1. The van der Waals surface area contributed by atoms with Gasteiger partial charge < -0.3 is 14.8 Å². The van der Waals surface area contributed by atoms with Crippen LogP contribution in [0.3, 0.4) is 0 Å². The van der Waals surface area contributed by atoms with E-state index in [4.69, 9.17) is 9.47 Å². The van der Waals surface area contributed by atoms with E-state index in [1.165, 1.54) is 24.0 Å². The molecule has 0 bridgehead atoms. The van der Waals surface area contributed by atoms with E-state index < -0.39 is 5.97 Å². The minimum Gasteiger partial charge on any atom is -0.483 e. The Morgan fingerprint density at radius 1 is 1.10 bits per heavy atom. The number of hydrogen-bond acceptors (Lipinski definition) is 5. The maximum absolute atomic E-state index is 12.4. The second-order valence-corrected chi connectivity index (χ2v) is 7.90. The molecule has 0 aliphatic rings. The summed E-state index contributed by atoms with van der Waals surface area (Å²) in [6, 6.07) is 15.3. The van der Waals surface area contributed by atoms with Gasteiger partial charge in [0.2, 0.25) is 0 Å². The van der Waals surface area contributed by atoms with Crippen molar-refractivity contribution >= 4 is 44.1 Å². The Balaban J connectivity index is 1.79. The molecule has 0 saturated carbocycles. The molecule has 1 aromatic heterocycles. The zero-order valence-corrected chi connectivity index (χ0v) is 18.4. The van der Waals surface area contributed by atoms with Crippen LogP contribution in [0, 0.1) is 0 Å². The van der Waals surface area contributed by atoms with Gasteiger partial charge in [-0.05, 0) is 45.6 Å². The van der Waals surface area contributed by atoms with Crippen LogP contribution in [0.5, 0.6) is 5.75 Å². The van der Waals surface area contributed by atoms with Crippen molar-refractivity contribution in [2.45, 2.75) is 13.3 Å². The molecule has 0 unspecified atom stereocenters. The van der Waals surface area contributed by atoms with E-state index in [-0.39, 0.29) is 12.5 Å². The molecule has 0 aliphatic heterocycles. The topological polar surface area (TPSA) is 64.6 Å². The van der Waals surface area contributed by atoms with Gasteiger partial charge in [-0.2, -0.15) is 0 Å². The predicted molar refractivity (Wildman–Crippen MR) is 119 cm³/mol. The fourth-order valence-corrected chi connectivity index (χ4v) is 4.13. The number of halogens is 1. The van der Waals surface area contributed by atoms with Crippen LogP contribution in [-0.2, 0) is 16.0 Å². The number of rotatable bonds is 7. The lowest BCUT2D eigenvalue weighted by atomic mass is 10.0. The lowest BCUT2D eigenvalue weighted by Crippen LogP contribution is -2.21. The number of nitrogens with one attached hydrogen (secondary N) is 1. The van der Waals surface area contributed by atoms with Crippen molar-refractivity contribution in [3.63, 3.8) is 0 Å². The summed E-state index contributed by atoms with van der Waals surface area (Å²) in [5.41, 5.74) is 3.17. The largest absolute Gasteiger partial charge is 0.483 e. The van der Waals surface area contributed by atoms with Gasteiger partial charge in [-0.3, -0.25) is 4.79 Å². The minimum atomic E-state index is -0.497. The molecule has 1 N–H and O–H groups in total. The van der Waals surface area contributed by atoms with Crippen molar-refractivity contribution in [3.8, 4) is 16.9 Å². The number of methoxy groups -OCH3 is 1. The molecule has 3 rings (SSSR count). The summed E-state index contributed by atoms with van der Waals surface area (Å²) in [5.74, 6) is -0.290. The van der Waals surface area contributed by atoms with Gasteiger partial charge in [-0.25, -0.2) is 4.79 Å². The van der Waals surface area contributed by atoms with E-state index >= 15 is 0 Å². The Morgan fingerprint density at radius 2 is 1.83 bits per heavy atom. The summed E-state index contributed by atoms with van der Waals surface area (Å²) >= 11 is 4.66. The summed E-state index contributed by atoms with van der Waals surface area (Å²) < 4.78 is 11.3. The molecular formula is C22H20BrNO4S. The predicted octanol–water partition coefficient (Wildman–Crippen LogP) is 5.54. The van der Waals surface area contributed by atoms with E-state index in [0.29, 0.717) is 16.3 Å². The van der Waals surface area contributed by atoms with Crippen LogP contribution >= 0.6 is 27.3 Å². The first-order valence-electron chi connectivity index (χ1n) is 8.99. The summed E-state index contributed by atoms with van der Waals surface area (Å²) in [5, 5.41) is 5.05. The van der Waals surface area contributed by atoms with E-state index in [9.17, 15) is 9.59 Å². The highest BCUT2D eigenvalue weighted by molar-refractivity contribution is 9.10. The van der Waals surface area contributed by atoms with Crippen LogP contribution in [0.2, 0.25) is 0 Å². The van der Waals surface area contributed by atoms with Gasteiger partial charge >= 0.3 is 5.97 Å². The average molecular weight is 474 g/mol. The number of amides is 1. The Hall–Kier alpha value is -2.64. The molecule has 5 nitrogen and oxygen atoms in total. The normalized spacial score (nSPS) is 10.4. The van der Waals surface area contributed by atoms with Gasteiger partial charge in [0.15, 0.2) is 6.61 Å². The summed E-state index contributed by atoms with van der Waals surface area (Å²) in [4.78, 5) is 24.8. The number of anilines is 1. The Labute approximate surface area is 181 Å². The third-order valence-electron chi connectivity index (χ3n) is 4.30. The number of aryl methyl sites for hydroxylation is 1. The Kier molecular flexibility index (Phi) is 7.06. The number of ether oxygens (including phenoxy) is 2. The minimum absolute atomic E-state index is 0.179. The molecule has 0 spiro atoms. The number of benzene rings is 2.